The molecule has 112 valence electrons. The smallest absolute Gasteiger partial charge is 0.240 e. The highest BCUT2D eigenvalue weighted by atomic mass is 16.5. The molecule has 4 heteroatoms. The van der Waals surface area contributed by atoms with Crippen molar-refractivity contribution in [3.63, 3.8) is 0 Å². The van der Waals surface area contributed by atoms with Crippen LogP contribution in [0.25, 0.3) is 0 Å². The van der Waals surface area contributed by atoms with Gasteiger partial charge in [-0.1, -0.05) is 24.3 Å². The summed E-state index contributed by atoms with van der Waals surface area (Å²) in [4.78, 5) is 26.6. The molecule has 1 spiro atoms. The second kappa shape index (κ2) is 5.60. The van der Waals surface area contributed by atoms with E-state index in [1.54, 1.807) is 7.11 Å². The first-order valence-electron chi connectivity index (χ1n) is 7.61. The van der Waals surface area contributed by atoms with Crippen LogP contribution in [0.15, 0.2) is 24.3 Å². The molecule has 1 heterocycles. The molecule has 4 nitrogen and oxygen atoms in total. The van der Waals surface area contributed by atoms with Crippen LogP contribution in [-0.4, -0.2) is 37.0 Å². The molecule has 0 bridgehead atoms. The number of unbranched alkanes of at least 4 members (excludes halogenated alkanes) is 1. The number of ether oxygens (including phenoxy) is 1. The zero-order chi connectivity index (χ0) is 14.9. The van der Waals surface area contributed by atoms with E-state index in [1.165, 1.54) is 10.5 Å². The molecule has 21 heavy (non-hydrogen) atoms. The lowest BCUT2D eigenvalue weighted by atomic mass is 9.80. The average Bonchev–Trinajstić information content (AvgIpc) is 2.97. The highest BCUT2D eigenvalue weighted by Crippen LogP contribution is 2.46. The number of benzene rings is 1. The number of hydrogen-bond donors (Lipinski definition) is 0. The first-order chi connectivity index (χ1) is 10.2. The van der Waals surface area contributed by atoms with Gasteiger partial charge in [0.25, 0.3) is 0 Å². The van der Waals surface area contributed by atoms with Gasteiger partial charge in [0.2, 0.25) is 11.8 Å². The summed E-state index contributed by atoms with van der Waals surface area (Å²) < 4.78 is 5.01. The summed E-state index contributed by atoms with van der Waals surface area (Å²) in [6.45, 7) is 1.19. The van der Waals surface area contributed by atoms with Crippen LogP contribution in [0.3, 0.4) is 0 Å². The molecule has 1 aliphatic carbocycles. The van der Waals surface area contributed by atoms with Gasteiger partial charge in [0.15, 0.2) is 0 Å². The zero-order valence-corrected chi connectivity index (χ0v) is 12.4. The van der Waals surface area contributed by atoms with Gasteiger partial charge in [-0.05, 0) is 36.8 Å². The number of hydrogen-bond acceptors (Lipinski definition) is 3. The number of methoxy groups -OCH3 is 1. The molecule has 2 amide bonds. The molecule has 0 aromatic heterocycles. The van der Waals surface area contributed by atoms with Crippen molar-refractivity contribution in [2.24, 2.45) is 0 Å². The van der Waals surface area contributed by atoms with Crippen molar-refractivity contribution in [1.82, 2.24) is 4.90 Å². The minimum absolute atomic E-state index is 0.00914. The lowest BCUT2D eigenvalue weighted by molar-refractivity contribution is -0.140. The number of fused-ring (bicyclic) bond motifs is 2. The van der Waals surface area contributed by atoms with Gasteiger partial charge in [-0.2, -0.15) is 0 Å². The fourth-order valence-corrected chi connectivity index (χ4v) is 3.64. The second-order valence-corrected chi connectivity index (χ2v) is 5.97. The minimum atomic E-state index is -0.574. The number of imide groups is 1. The predicted molar refractivity (Wildman–Crippen MR) is 78.9 cm³/mol. The van der Waals surface area contributed by atoms with E-state index >= 15 is 0 Å². The molecular formula is C17H21NO3. The van der Waals surface area contributed by atoms with Gasteiger partial charge >= 0.3 is 0 Å². The van der Waals surface area contributed by atoms with Gasteiger partial charge in [-0.15, -0.1) is 0 Å². The molecule has 1 atom stereocenters. The summed E-state index contributed by atoms with van der Waals surface area (Å²) in [6.07, 6.45) is 3.69. The Labute approximate surface area is 125 Å². The quantitative estimate of drug-likeness (QED) is 0.615. The van der Waals surface area contributed by atoms with Crippen molar-refractivity contribution in [3.05, 3.63) is 35.4 Å². The normalized spacial score (nSPS) is 24.1. The van der Waals surface area contributed by atoms with Gasteiger partial charge in [-0.25, -0.2) is 0 Å². The highest BCUT2D eigenvalue weighted by Gasteiger charge is 2.54. The Hall–Kier alpha value is -1.68. The van der Waals surface area contributed by atoms with E-state index in [2.05, 4.69) is 6.07 Å². The van der Waals surface area contributed by atoms with Crippen molar-refractivity contribution >= 4 is 11.8 Å². The number of likely N-dealkylation sites (tertiary alicyclic amines) is 1. The molecule has 0 radical (unpaired) electrons. The van der Waals surface area contributed by atoms with E-state index in [0.29, 0.717) is 19.6 Å². The van der Waals surface area contributed by atoms with Crippen LogP contribution in [0, 0.1) is 0 Å². The number of nitrogens with zero attached hydrogens (tertiary/aromatic N) is 1. The summed E-state index contributed by atoms with van der Waals surface area (Å²) >= 11 is 0. The van der Waals surface area contributed by atoms with Crippen molar-refractivity contribution in [1.29, 1.82) is 0 Å². The molecular weight excluding hydrogens is 266 g/mol. The van der Waals surface area contributed by atoms with Crippen molar-refractivity contribution < 1.29 is 14.3 Å². The molecule has 1 aromatic carbocycles. The zero-order valence-electron chi connectivity index (χ0n) is 12.4. The summed E-state index contributed by atoms with van der Waals surface area (Å²) in [5.41, 5.74) is 1.72. The van der Waals surface area contributed by atoms with Crippen molar-refractivity contribution in [2.45, 2.75) is 37.5 Å². The van der Waals surface area contributed by atoms with E-state index in [0.717, 1.165) is 31.2 Å². The second-order valence-electron chi connectivity index (χ2n) is 5.97. The Bertz CT molecular complexity index is 569. The highest BCUT2D eigenvalue weighted by molar-refractivity contribution is 6.09. The Morgan fingerprint density at radius 1 is 1.24 bits per heavy atom. The van der Waals surface area contributed by atoms with E-state index in [4.69, 9.17) is 4.74 Å². The summed E-state index contributed by atoms with van der Waals surface area (Å²) in [7, 11) is 1.66. The first-order valence-corrected chi connectivity index (χ1v) is 7.61. The molecule has 2 aliphatic rings. The molecule has 1 aromatic rings. The van der Waals surface area contributed by atoms with E-state index < -0.39 is 5.41 Å². The fraction of sp³-hybridized carbons (Fsp3) is 0.529. The topological polar surface area (TPSA) is 46.6 Å². The molecule has 0 saturated carbocycles. The van der Waals surface area contributed by atoms with Gasteiger partial charge < -0.3 is 4.74 Å². The molecule has 1 saturated heterocycles. The number of carbonyl (C=O) groups is 2. The Balaban J connectivity index is 1.78. The van der Waals surface area contributed by atoms with Gasteiger partial charge in [0.05, 0.1) is 5.41 Å². The maximum absolute atomic E-state index is 12.8. The van der Waals surface area contributed by atoms with Crippen LogP contribution in [-0.2, 0) is 26.2 Å². The third kappa shape index (κ3) is 2.27. The standard InChI is InChI=1S/C17H21NO3/c1-21-11-5-4-10-18-15(19)12-17(16(18)20)9-8-13-6-2-3-7-14(13)17/h2-3,6-7H,4-5,8-12H2,1H3. The molecule has 1 unspecified atom stereocenters. The maximum Gasteiger partial charge on any atom is 0.240 e. The minimum Gasteiger partial charge on any atom is -0.385 e. The predicted octanol–water partition coefficient (Wildman–Crippen LogP) is 2.06. The maximum atomic E-state index is 12.8. The molecule has 1 fully saturated rings. The van der Waals surface area contributed by atoms with Gasteiger partial charge in [-0.3, -0.25) is 14.5 Å². The Morgan fingerprint density at radius 2 is 2.05 bits per heavy atom. The average molecular weight is 287 g/mol. The number of amides is 2. The van der Waals surface area contributed by atoms with E-state index in [9.17, 15) is 9.59 Å². The Kier molecular flexibility index (Phi) is 3.81. The van der Waals surface area contributed by atoms with Crippen LogP contribution >= 0.6 is 0 Å². The first kappa shape index (κ1) is 14.3. The summed E-state index contributed by atoms with van der Waals surface area (Å²) in [6, 6.07) is 8.05. The molecule has 1 aliphatic heterocycles. The Morgan fingerprint density at radius 3 is 2.86 bits per heavy atom. The SMILES string of the molecule is COCCCCN1C(=O)CC2(CCc3ccccc32)C1=O. The van der Waals surface area contributed by atoms with Crippen LogP contribution in [0.4, 0.5) is 0 Å². The third-order valence-corrected chi connectivity index (χ3v) is 4.74. The van der Waals surface area contributed by atoms with Gasteiger partial charge in [0.1, 0.15) is 0 Å². The van der Waals surface area contributed by atoms with Crippen LogP contribution in [0.5, 0.6) is 0 Å². The monoisotopic (exact) mass is 287 g/mol. The van der Waals surface area contributed by atoms with Crippen molar-refractivity contribution in [2.75, 3.05) is 20.3 Å². The summed E-state index contributed by atoms with van der Waals surface area (Å²) in [5.74, 6) is -0.0102. The number of rotatable bonds is 5. The summed E-state index contributed by atoms with van der Waals surface area (Å²) in [5, 5.41) is 0. The lowest BCUT2D eigenvalue weighted by Gasteiger charge is -2.22. The lowest BCUT2D eigenvalue weighted by Crippen LogP contribution is -2.37. The van der Waals surface area contributed by atoms with Crippen LogP contribution in [0.1, 0.15) is 36.8 Å². The molecule has 0 N–H and O–H groups in total. The van der Waals surface area contributed by atoms with E-state index in [1.807, 2.05) is 18.2 Å². The number of aryl methyl sites for hydroxylation is 1. The largest absolute Gasteiger partial charge is 0.385 e. The van der Waals surface area contributed by atoms with Crippen molar-refractivity contribution in [3.8, 4) is 0 Å². The third-order valence-electron chi connectivity index (χ3n) is 4.74. The van der Waals surface area contributed by atoms with Crippen LogP contribution < -0.4 is 0 Å². The van der Waals surface area contributed by atoms with Crippen LogP contribution in [0.2, 0.25) is 0 Å². The van der Waals surface area contributed by atoms with E-state index in [-0.39, 0.29) is 11.8 Å². The molecule has 3 rings (SSSR count). The fourth-order valence-electron chi connectivity index (χ4n) is 3.64. The van der Waals surface area contributed by atoms with Gasteiger partial charge in [0, 0.05) is 26.7 Å². The number of carbonyl (C=O) groups excluding carboxylic acids is 2.